The topological polar surface area (TPSA) is 46.3 Å². The fourth-order valence-corrected chi connectivity index (χ4v) is 4.60. The highest BCUT2D eigenvalue weighted by Crippen LogP contribution is 2.34. The number of nitrogens with zero attached hydrogens (tertiary/aromatic N) is 1. The average molecular weight is 278 g/mol. The second-order valence-corrected chi connectivity index (χ2v) is 6.89. The van der Waals surface area contributed by atoms with Crippen LogP contribution in [0.25, 0.3) is 0 Å². The maximum atomic E-state index is 12.7. The Morgan fingerprint density at radius 1 is 1.53 bits per heavy atom. The van der Waals surface area contributed by atoms with Gasteiger partial charge in [-0.15, -0.1) is 11.3 Å². The number of rotatable bonds is 2. The molecule has 1 aromatic heterocycles. The van der Waals surface area contributed by atoms with Gasteiger partial charge in [-0.1, -0.05) is 6.92 Å². The van der Waals surface area contributed by atoms with Crippen LogP contribution < -0.4 is 5.73 Å². The number of thiophene rings is 1. The van der Waals surface area contributed by atoms with Gasteiger partial charge in [0.2, 0.25) is 0 Å². The monoisotopic (exact) mass is 278 g/mol. The van der Waals surface area contributed by atoms with Crippen LogP contribution in [0.5, 0.6) is 0 Å². The largest absolute Gasteiger partial charge is 0.334 e. The summed E-state index contributed by atoms with van der Waals surface area (Å²) >= 11 is 1.77. The average Bonchev–Trinajstić information content (AvgIpc) is 3.03. The van der Waals surface area contributed by atoms with Crippen molar-refractivity contribution in [1.29, 1.82) is 0 Å². The standard InChI is InChI=1S/C15H22N2OS/c1-10-4-5-12-13(9-19-14(12)7-10)15(18)17-6-2-3-11(17)8-16/h9-11H,2-8,16H2,1H3. The predicted octanol–water partition coefficient (Wildman–Crippen LogP) is 2.44. The predicted molar refractivity (Wildman–Crippen MR) is 78.6 cm³/mol. The molecule has 1 fully saturated rings. The quantitative estimate of drug-likeness (QED) is 0.903. The molecule has 3 rings (SSSR count). The molecule has 1 amide bonds. The van der Waals surface area contributed by atoms with Gasteiger partial charge in [0.25, 0.3) is 5.91 Å². The summed E-state index contributed by atoms with van der Waals surface area (Å²) < 4.78 is 0. The van der Waals surface area contributed by atoms with Crippen molar-refractivity contribution in [1.82, 2.24) is 4.90 Å². The Labute approximate surface area is 118 Å². The summed E-state index contributed by atoms with van der Waals surface area (Å²) in [7, 11) is 0. The molecule has 1 aliphatic heterocycles. The number of hydrogen-bond donors (Lipinski definition) is 1. The lowest BCUT2D eigenvalue weighted by Gasteiger charge is -2.25. The number of likely N-dealkylation sites (tertiary alicyclic amines) is 1. The number of amides is 1. The normalized spacial score (nSPS) is 26.5. The highest BCUT2D eigenvalue weighted by Gasteiger charge is 2.31. The van der Waals surface area contributed by atoms with Crippen molar-refractivity contribution >= 4 is 17.2 Å². The zero-order valence-corrected chi connectivity index (χ0v) is 12.3. The van der Waals surface area contributed by atoms with Crippen LogP contribution in [0.4, 0.5) is 0 Å². The van der Waals surface area contributed by atoms with Gasteiger partial charge in [-0.2, -0.15) is 0 Å². The molecule has 4 heteroatoms. The Kier molecular flexibility index (Phi) is 3.63. The summed E-state index contributed by atoms with van der Waals surface area (Å²) in [5.74, 6) is 0.984. The Morgan fingerprint density at radius 2 is 2.37 bits per heavy atom. The second-order valence-electron chi connectivity index (χ2n) is 5.93. The van der Waals surface area contributed by atoms with E-state index in [2.05, 4.69) is 12.3 Å². The fourth-order valence-electron chi connectivity index (χ4n) is 3.36. The molecule has 1 aromatic rings. The summed E-state index contributed by atoms with van der Waals surface area (Å²) in [5.41, 5.74) is 8.07. The van der Waals surface area contributed by atoms with E-state index in [0.29, 0.717) is 6.54 Å². The number of carbonyl (C=O) groups excluding carboxylic acids is 1. The van der Waals surface area contributed by atoms with Crippen molar-refractivity contribution in [3.05, 3.63) is 21.4 Å². The molecule has 104 valence electrons. The van der Waals surface area contributed by atoms with Crippen LogP contribution in [0, 0.1) is 5.92 Å². The van der Waals surface area contributed by atoms with E-state index in [1.165, 1.54) is 16.9 Å². The Morgan fingerprint density at radius 3 is 3.16 bits per heavy atom. The van der Waals surface area contributed by atoms with Gasteiger partial charge in [-0.05, 0) is 43.6 Å². The van der Waals surface area contributed by atoms with Crippen molar-refractivity contribution in [2.45, 2.75) is 45.1 Å². The van der Waals surface area contributed by atoms with E-state index in [1.807, 2.05) is 4.90 Å². The molecule has 3 nitrogen and oxygen atoms in total. The van der Waals surface area contributed by atoms with Crippen LogP contribution in [0.2, 0.25) is 0 Å². The van der Waals surface area contributed by atoms with Gasteiger partial charge in [0, 0.05) is 29.4 Å². The van der Waals surface area contributed by atoms with E-state index in [9.17, 15) is 4.79 Å². The number of nitrogens with two attached hydrogens (primary N) is 1. The van der Waals surface area contributed by atoms with Gasteiger partial charge in [-0.25, -0.2) is 0 Å². The third-order valence-electron chi connectivity index (χ3n) is 4.54. The number of hydrogen-bond acceptors (Lipinski definition) is 3. The minimum Gasteiger partial charge on any atom is -0.334 e. The molecular formula is C15H22N2OS. The third-order valence-corrected chi connectivity index (χ3v) is 5.59. The molecule has 2 aliphatic rings. The molecule has 19 heavy (non-hydrogen) atoms. The summed E-state index contributed by atoms with van der Waals surface area (Å²) in [4.78, 5) is 16.1. The molecular weight excluding hydrogens is 256 g/mol. The lowest BCUT2D eigenvalue weighted by Crippen LogP contribution is -2.40. The van der Waals surface area contributed by atoms with Crippen molar-refractivity contribution in [3.63, 3.8) is 0 Å². The van der Waals surface area contributed by atoms with Crippen LogP contribution in [0.15, 0.2) is 5.38 Å². The Bertz CT molecular complexity index is 482. The minimum atomic E-state index is 0.222. The molecule has 1 saturated heterocycles. The summed E-state index contributed by atoms with van der Waals surface area (Å²) in [5, 5.41) is 2.08. The molecule has 0 aromatic carbocycles. The van der Waals surface area contributed by atoms with Gasteiger partial charge in [0.15, 0.2) is 0 Å². The van der Waals surface area contributed by atoms with Crippen LogP contribution in [-0.2, 0) is 12.8 Å². The highest BCUT2D eigenvalue weighted by atomic mass is 32.1. The lowest BCUT2D eigenvalue weighted by atomic mass is 9.88. The summed E-state index contributed by atoms with van der Waals surface area (Å²) in [6, 6.07) is 0.255. The molecule has 1 aliphatic carbocycles. The molecule has 0 radical (unpaired) electrons. The van der Waals surface area contributed by atoms with Gasteiger partial charge in [0.1, 0.15) is 0 Å². The SMILES string of the molecule is CC1CCc2c(C(=O)N3CCCC3CN)csc2C1. The first kappa shape index (κ1) is 13.1. The molecule has 2 N–H and O–H groups in total. The van der Waals surface area contributed by atoms with E-state index in [1.54, 1.807) is 11.3 Å². The first-order valence-electron chi connectivity index (χ1n) is 7.31. The maximum Gasteiger partial charge on any atom is 0.255 e. The molecule has 2 unspecified atom stereocenters. The lowest BCUT2D eigenvalue weighted by molar-refractivity contribution is 0.0740. The third kappa shape index (κ3) is 2.32. The van der Waals surface area contributed by atoms with E-state index in [-0.39, 0.29) is 11.9 Å². The van der Waals surface area contributed by atoms with Crippen molar-refractivity contribution in [2.75, 3.05) is 13.1 Å². The molecule has 2 atom stereocenters. The van der Waals surface area contributed by atoms with Crippen LogP contribution >= 0.6 is 11.3 Å². The molecule has 0 saturated carbocycles. The van der Waals surface area contributed by atoms with E-state index >= 15 is 0 Å². The zero-order valence-electron chi connectivity index (χ0n) is 11.5. The van der Waals surface area contributed by atoms with E-state index in [4.69, 9.17) is 5.73 Å². The first-order valence-corrected chi connectivity index (χ1v) is 8.19. The first-order chi connectivity index (χ1) is 9.20. The molecule has 0 bridgehead atoms. The van der Waals surface area contributed by atoms with E-state index < -0.39 is 0 Å². The Hall–Kier alpha value is -0.870. The summed E-state index contributed by atoms with van der Waals surface area (Å²) in [6.45, 7) is 3.77. The van der Waals surface area contributed by atoms with Crippen molar-refractivity contribution in [2.24, 2.45) is 11.7 Å². The smallest absolute Gasteiger partial charge is 0.255 e. The number of carbonyl (C=O) groups is 1. The molecule has 0 spiro atoms. The van der Waals surface area contributed by atoms with Crippen LogP contribution in [0.3, 0.4) is 0 Å². The van der Waals surface area contributed by atoms with Crippen LogP contribution in [0.1, 0.15) is 47.0 Å². The molecule has 2 heterocycles. The van der Waals surface area contributed by atoms with Gasteiger partial charge in [0.05, 0.1) is 5.56 Å². The summed E-state index contributed by atoms with van der Waals surface area (Å²) in [6.07, 6.45) is 5.59. The van der Waals surface area contributed by atoms with Crippen molar-refractivity contribution < 1.29 is 4.79 Å². The zero-order chi connectivity index (χ0) is 13.4. The highest BCUT2D eigenvalue weighted by molar-refractivity contribution is 7.10. The fraction of sp³-hybridized carbons (Fsp3) is 0.667. The van der Waals surface area contributed by atoms with E-state index in [0.717, 1.165) is 43.7 Å². The van der Waals surface area contributed by atoms with Gasteiger partial charge >= 0.3 is 0 Å². The maximum absolute atomic E-state index is 12.7. The number of fused-ring (bicyclic) bond motifs is 1. The second kappa shape index (κ2) is 5.25. The Balaban J connectivity index is 1.85. The van der Waals surface area contributed by atoms with Gasteiger partial charge in [-0.3, -0.25) is 4.79 Å². The minimum absolute atomic E-state index is 0.222. The van der Waals surface area contributed by atoms with Crippen molar-refractivity contribution in [3.8, 4) is 0 Å². The van der Waals surface area contributed by atoms with Gasteiger partial charge < -0.3 is 10.6 Å². The van der Waals surface area contributed by atoms with Crippen LogP contribution in [-0.4, -0.2) is 29.9 Å².